The van der Waals surface area contributed by atoms with Gasteiger partial charge in [0, 0.05) is 30.6 Å². The maximum Gasteiger partial charge on any atom is 0.256 e. The van der Waals surface area contributed by atoms with Crippen molar-refractivity contribution < 1.29 is 13.2 Å². The van der Waals surface area contributed by atoms with Crippen LogP contribution in [0.2, 0.25) is 0 Å². The molecule has 3 aromatic rings. The van der Waals surface area contributed by atoms with Gasteiger partial charge in [0.15, 0.2) is 15.5 Å². The molecule has 0 aliphatic heterocycles. The van der Waals surface area contributed by atoms with Gasteiger partial charge < -0.3 is 5.32 Å². The number of carbonyl (C=O) groups excluding carboxylic acids is 1. The number of hydrogen-bond donors (Lipinski definition) is 1. The molecule has 0 saturated heterocycles. The molecule has 1 N–H and O–H groups in total. The Morgan fingerprint density at radius 2 is 1.93 bits per heavy atom. The van der Waals surface area contributed by atoms with Crippen molar-refractivity contribution in [2.45, 2.75) is 37.5 Å². The van der Waals surface area contributed by atoms with Gasteiger partial charge in [0.1, 0.15) is 0 Å². The summed E-state index contributed by atoms with van der Waals surface area (Å²) < 4.78 is 25.4. The number of rotatable bonds is 4. The molecule has 1 aliphatic carbocycles. The predicted molar refractivity (Wildman–Crippen MR) is 107 cm³/mol. The Hall–Kier alpha value is -2.74. The van der Waals surface area contributed by atoms with Crippen LogP contribution in [0.25, 0.3) is 11.0 Å². The van der Waals surface area contributed by atoms with Crippen molar-refractivity contribution in [1.29, 1.82) is 0 Å². The van der Waals surface area contributed by atoms with Crippen molar-refractivity contribution in [2.75, 3.05) is 11.6 Å². The fourth-order valence-corrected chi connectivity index (χ4v) is 4.03. The van der Waals surface area contributed by atoms with E-state index in [1.54, 1.807) is 16.8 Å². The maximum atomic E-state index is 13.2. The largest absolute Gasteiger partial charge is 0.322 e. The molecule has 1 aliphatic rings. The fourth-order valence-electron chi connectivity index (χ4n) is 3.39. The number of sulfone groups is 1. The third-order valence-electron chi connectivity index (χ3n) is 5.11. The average Bonchev–Trinajstić information content (AvgIpc) is 3.42. The first-order chi connectivity index (χ1) is 13.1. The van der Waals surface area contributed by atoms with Gasteiger partial charge >= 0.3 is 0 Å². The van der Waals surface area contributed by atoms with Crippen LogP contribution in [0.3, 0.4) is 0 Å². The summed E-state index contributed by atoms with van der Waals surface area (Å²) in [6.07, 6.45) is 3.30. The first-order valence-electron chi connectivity index (χ1n) is 9.11. The highest BCUT2D eigenvalue weighted by Gasteiger charge is 2.28. The monoisotopic (exact) mass is 398 g/mol. The van der Waals surface area contributed by atoms with Gasteiger partial charge in [-0.25, -0.2) is 13.4 Å². The van der Waals surface area contributed by atoms with Crippen molar-refractivity contribution in [3.63, 3.8) is 0 Å². The SMILES string of the molecule is Cc1ccc(S(C)(=O)=O)cc1NC(=O)c1cc(C2CC2)nc2c1c(C)nn2C. The van der Waals surface area contributed by atoms with Crippen molar-refractivity contribution in [1.82, 2.24) is 14.8 Å². The summed E-state index contributed by atoms with van der Waals surface area (Å²) in [5.74, 6) is 0.0978. The molecular weight excluding hydrogens is 376 g/mol. The van der Waals surface area contributed by atoms with Gasteiger partial charge in [-0.05, 0) is 50.5 Å². The van der Waals surface area contributed by atoms with E-state index in [9.17, 15) is 13.2 Å². The second kappa shape index (κ2) is 6.41. The lowest BCUT2D eigenvalue weighted by atomic mass is 10.1. The van der Waals surface area contributed by atoms with Crippen LogP contribution in [0, 0.1) is 13.8 Å². The third-order valence-corrected chi connectivity index (χ3v) is 6.22. The topological polar surface area (TPSA) is 93.9 Å². The molecule has 1 aromatic carbocycles. The smallest absolute Gasteiger partial charge is 0.256 e. The number of amides is 1. The molecular formula is C20H22N4O3S. The van der Waals surface area contributed by atoms with Crippen LogP contribution in [-0.2, 0) is 16.9 Å². The first kappa shape index (κ1) is 18.6. The summed E-state index contributed by atoms with van der Waals surface area (Å²) in [6.45, 7) is 3.68. The number of anilines is 1. The molecule has 1 amide bonds. The Balaban J connectivity index is 1.80. The summed E-state index contributed by atoms with van der Waals surface area (Å²) in [5.41, 5.74) is 4.11. The van der Waals surface area contributed by atoms with Crippen LogP contribution in [0.4, 0.5) is 5.69 Å². The van der Waals surface area contributed by atoms with Crippen molar-refractivity contribution >= 4 is 32.5 Å². The van der Waals surface area contributed by atoms with Crippen LogP contribution >= 0.6 is 0 Å². The van der Waals surface area contributed by atoms with Gasteiger partial charge in [-0.2, -0.15) is 5.10 Å². The molecule has 1 saturated carbocycles. The highest BCUT2D eigenvalue weighted by atomic mass is 32.2. The molecule has 28 heavy (non-hydrogen) atoms. The Kier molecular flexibility index (Phi) is 4.26. The van der Waals surface area contributed by atoms with E-state index in [-0.39, 0.29) is 10.8 Å². The number of benzene rings is 1. The van der Waals surface area contributed by atoms with Gasteiger partial charge in [-0.15, -0.1) is 0 Å². The minimum absolute atomic E-state index is 0.171. The number of aryl methyl sites for hydroxylation is 3. The molecule has 2 aromatic heterocycles. The Bertz CT molecular complexity index is 1220. The minimum Gasteiger partial charge on any atom is -0.322 e. The Morgan fingerprint density at radius 3 is 2.57 bits per heavy atom. The quantitative estimate of drug-likeness (QED) is 0.729. The summed E-state index contributed by atoms with van der Waals surface area (Å²) >= 11 is 0. The molecule has 0 spiro atoms. The molecule has 7 nitrogen and oxygen atoms in total. The summed E-state index contributed by atoms with van der Waals surface area (Å²) in [5, 5.41) is 8.03. The summed E-state index contributed by atoms with van der Waals surface area (Å²) in [4.78, 5) is 18.1. The molecule has 0 bridgehead atoms. The van der Waals surface area contributed by atoms with Crippen LogP contribution < -0.4 is 5.32 Å². The maximum absolute atomic E-state index is 13.2. The zero-order valence-electron chi connectivity index (χ0n) is 16.3. The van der Waals surface area contributed by atoms with Gasteiger partial charge in [-0.1, -0.05) is 6.07 Å². The molecule has 0 atom stereocenters. The van der Waals surface area contributed by atoms with Crippen LogP contribution in [0.5, 0.6) is 0 Å². The second-order valence-corrected chi connectivity index (χ2v) is 9.50. The molecule has 8 heteroatoms. The van der Waals surface area contributed by atoms with E-state index in [1.807, 2.05) is 27.0 Å². The van der Waals surface area contributed by atoms with E-state index in [4.69, 9.17) is 4.98 Å². The minimum atomic E-state index is -3.36. The molecule has 1 fully saturated rings. The second-order valence-electron chi connectivity index (χ2n) is 7.48. The highest BCUT2D eigenvalue weighted by Crippen LogP contribution is 2.40. The standard InChI is InChI=1S/C20H22N4O3S/c1-11-5-8-14(28(4,26)27)9-16(11)22-20(25)15-10-17(13-6-7-13)21-19-18(15)12(2)23-24(19)3/h5,8-10,13H,6-7H2,1-4H3,(H,22,25). The lowest BCUT2D eigenvalue weighted by Gasteiger charge is -2.12. The zero-order chi connectivity index (χ0) is 20.2. The van der Waals surface area contributed by atoms with Crippen LogP contribution in [0.15, 0.2) is 29.2 Å². The molecule has 146 valence electrons. The van der Waals surface area contributed by atoms with Gasteiger partial charge in [0.2, 0.25) is 0 Å². The first-order valence-corrected chi connectivity index (χ1v) is 11.0. The van der Waals surface area contributed by atoms with E-state index in [0.29, 0.717) is 22.8 Å². The zero-order valence-corrected chi connectivity index (χ0v) is 17.1. The number of carbonyl (C=O) groups is 1. The van der Waals surface area contributed by atoms with Gasteiger partial charge in [-0.3, -0.25) is 9.48 Å². The van der Waals surface area contributed by atoms with Gasteiger partial charge in [0.25, 0.3) is 5.91 Å². The lowest BCUT2D eigenvalue weighted by molar-refractivity contribution is 0.102. The van der Waals surface area contributed by atoms with E-state index in [2.05, 4.69) is 10.4 Å². The molecule has 0 unspecified atom stereocenters. The van der Waals surface area contributed by atoms with E-state index >= 15 is 0 Å². The summed E-state index contributed by atoms with van der Waals surface area (Å²) in [7, 11) is -1.55. The lowest BCUT2D eigenvalue weighted by Crippen LogP contribution is -2.15. The Morgan fingerprint density at radius 1 is 1.21 bits per heavy atom. The normalized spacial score (nSPS) is 14.4. The molecule has 2 heterocycles. The molecule has 0 radical (unpaired) electrons. The number of nitrogens with one attached hydrogen (secondary N) is 1. The van der Waals surface area contributed by atoms with E-state index in [1.165, 1.54) is 6.07 Å². The van der Waals surface area contributed by atoms with E-state index in [0.717, 1.165) is 41.4 Å². The third kappa shape index (κ3) is 3.28. The van der Waals surface area contributed by atoms with Crippen LogP contribution in [-0.4, -0.2) is 35.3 Å². The highest BCUT2D eigenvalue weighted by molar-refractivity contribution is 7.90. The molecule has 4 rings (SSSR count). The van der Waals surface area contributed by atoms with Crippen LogP contribution in [0.1, 0.15) is 46.1 Å². The number of aromatic nitrogens is 3. The van der Waals surface area contributed by atoms with Crippen molar-refractivity contribution in [2.24, 2.45) is 7.05 Å². The number of pyridine rings is 1. The fraction of sp³-hybridized carbons (Fsp3) is 0.350. The number of hydrogen-bond acceptors (Lipinski definition) is 5. The van der Waals surface area contributed by atoms with E-state index < -0.39 is 9.84 Å². The number of fused-ring (bicyclic) bond motifs is 1. The van der Waals surface area contributed by atoms with Crippen molar-refractivity contribution in [3.05, 3.63) is 46.8 Å². The number of nitrogens with zero attached hydrogens (tertiary/aromatic N) is 3. The van der Waals surface area contributed by atoms with Gasteiger partial charge in [0.05, 0.1) is 21.5 Å². The average molecular weight is 398 g/mol. The van der Waals surface area contributed by atoms with Crippen molar-refractivity contribution in [3.8, 4) is 0 Å². The summed E-state index contributed by atoms with van der Waals surface area (Å²) in [6, 6.07) is 6.58. The predicted octanol–water partition coefficient (Wildman–Crippen LogP) is 3.12. The Labute approximate surface area is 163 Å².